The summed E-state index contributed by atoms with van der Waals surface area (Å²) in [6.07, 6.45) is 8.58. The minimum Gasteiger partial charge on any atom is -0.295 e. The standard InChI is InChI=1S/C18H27N5/c1-3-22-13-7-9-15(22)18-20-14-8-6-11-19-17(14)23(18)16-10-4-5-12-21(16)2/h6,8,11,15-16H,3-5,7,9-10,12-13H2,1-2H3. The molecule has 124 valence electrons. The molecule has 2 unspecified atom stereocenters. The summed E-state index contributed by atoms with van der Waals surface area (Å²) in [6, 6.07) is 4.56. The Kier molecular flexibility index (Phi) is 4.07. The highest BCUT2D eigenvalue weighted by Crippen LogP contribution is 2.36. The van der Waals surface area contributed by atoms with E-state index in [4.69, 9.17) is 4.98 Å². The van der Waals surface area contributed by atoms with Gasteiger partial charge in [-0.25, -0.2) is 9.97 Å². The number of imidazole rings is 1. The van der Waals surface area contributed by atoms with E-state index in [9.17, 15) is 0 Å². The Morgan fingerprint density at radius 3 is 2.91 bits per heavy atom. The lowest BCUT2D eigenvalue weighted by Gasteiger charge is -2.35. The Morgan fingerprint density at radius 2 is 2.09 bits per heavy atom. The van der Waals surface area contributed by atoms with Crippen molar-refractivity contribution in [3.63, 3.8) is 0 Å². The molecule has 2 saturated heterocycles. The van der Waals surface area contributed by atoms with E-state index >= 15 is 0 Å². The molecule has 2 aliphatic rings. The lowest BCUT2D eigenvalue weighted by molar-refractivity contribution is 0.121. The van der Waals surface area contributed by atoms with Crippen molar-refractivity contribution in [3.8, 4) is 0 Å². The molecule has 4 rings (SSSR count). The molecule has 0 N–H and O–H groups in total. The molecule has 2 aliphatic heterocycles. The van der Waals surface area contributed by atoms with Crippen LogP contribution in [0.5, 0.6) is 0 Å². The summed E-state index contributed by atoms with van der Waals surface area (Å²) in [5.74, 6) is 1.23. The molecule has 2 fully saturated rings. The molecule has 5 nitrogen and oxygen atoms in total. The zero-order valence-corrected chi connectivity index (χ0v) is 14.3. The molecule has 2 aromatic rings. The summed E-state index contributed by atoms with van der Waals surface area (Å²) in [4.78, 5) is 14.8. The Morgan fingerprint density at radius 1 is 1.17 bits per heavy atom. The molecule has 0 aromatic carbocycles. The molecular formula is C18H27N5. The summed E-state index contributed by atoms with van der Waals surface area (Å²) < 4.78 is 2.45. The van der Waals surface area contributed by atoms with Crippen LogP contribution < -0.4 is 0 Å². The highest BCUT2D eigenvalue weighted by Gasteiger charge is 2.33. The molecule has 2 aromatic heterocycles. The van der Waals surface area contributed by atoms with E-state index in [0.717, 1.165) is 17.7 Å². The van der Waals surface area contributed by atoms with Crippen LogP contribution in [-0.4, -0.2) is 51.0 Å². The Labute approximate surface area is 138 Å². The lowest BCUT2D eigenvalue weighted by atomic mass is 10.1. The van der Waals surface area contributed by atoms with Crippen LogP contribution in [0.25, 0.3) is 11.2 Å². The first-order chi connectivity index (χ1) is 11.3. The van der Waals surface area contributed by atoms with Gasteiger partial charge in [0.15, 0.2) is 5.65 Å². The number of aromatic nitrogens is 3. The summed E-state index contributed by atoms with van der Waals surface area (Å²) in [5.41, 5.74) is 2.11. The fraction of sp³-hybridized carbons (Fsp3) is 0.667. The third-order valence-electron chi connectivity index (χ3n) is 5.57. The van der Waals surface area contributed by atoms with Gasteiger partial charge in [-0.05, 0) is 70.9 Å². The van der Waals surface area contributed by atoms with Gasteiger partial charge in [0.2, 0.25) is 0 Å². The van der Waals surface area contributed by atoms with Crippen molar-refractivity contribution < 1.29 is 0 Å². The van der Waals surface area contributed by atoms with Crippen LogP contribution in [0.1, 0.15) is 57.1 Å². The number of fused-ring (bicyclic) bond motifs is 1. The van der Waals surface area contributed by atoms with Crippen molar-refractivity contribution >= 4 is 11.2 Å². The quantitative estimate of drug-likeness (QED) is 0.872. The SMILES string of the molecule is CCN1CCCC1c1nc2cccnc2n1C1CCCCN1C. The summed E-state index contributed by atoms with van der Waals surface area (Å²) in [7, 11) is 2.24. The number of hydrogen-bond acceptors (Lipinski definition) is 4. The van der Waals surface area contributed by atoms with Crippen LogP contribution in [0.4, 0.5) is 0 Å². The normalized spacial score (nSPS) is 27.0. The summed E-state index contributed by atoms with van der Waals surface area (Å²) in [5, 5.41) is 0. The summed E-state index contributed by atoms with van der Waals surface area (Å²) >= 11 is 0. The molecule has 0 spiro atoms. The topological polar surface area (TPSA) is 37.2 Å². The van der Waals surface area contributed by atoms with Gasteiger partial charge in [0.05, 0.1) is 12.2 Å². The van der Waals surface area contributed by atoms with E-state index in [1.54, 1.807) is 0 Å². The van der Waals surface area contributed by atoms with Gasteiger partial charge in [0.1, 0.15) is 11.3 Å². The fourth-order valence-electron chi connectivity index (χ4n) is 4.36. The molecule has 0 bridgehead atoms. The van der Waals surface area contributed by atoms with Crippen molar-refractivity contribution in [2.45, 2.75) is 51.2 Å². The number of pyridine rings is 1. The first kappa shape index (κ1) is 15.1. The second-order valence-corrected chi connectivity index (χ2v) is 6.93. The smallest absolute Gasteiger partial charge is 0.161 e. The average molecular weight is 313 g/mol. The van der Waals surface area contributed by atoms with Crippen molar-refractivity contribution in [3.05, 3.63) is 24.2 Å². The molecule has 0 radical (unpaired) electrons. The van der Waals surface area contributed by atoms with E-state index in [0.29, 0.717) is 12.2 Å². The molecule has 23 heavy (non-hydrogen) atoms. The van der Waals surface area contributed by atoms with E-state index in [1.165, 1.54) is 51.0 Å². The maximum Gasteiger partial charge on any atom is 0.161 e. The summed E-state index contributed by atoms with van der Waals surface area (Å²) in [6.45, 7) is 5.72. The second kappa shape index (κ2) is 6.21. The number of hydrogen-bond donors (Lipinski definition) is 0. The van der Waals surface area contributed by atoms with Crippen molar-refractivity contribution in [2.24, 2.45) is 0 Å². The molecule has 0 saturated carbocycles. The van der Waals surface area contributed by atoms with Gasteiger partial charge in [-0.3, -0.25) is 14.4 Å². The molecule has 2 atom stereocenters. The van der Waals surface area contributed by atoms with Crippen LogP contribution in [0.15, 0.2) is 18.3 Å². The van der Waals surface area contributed by atoms with Gasteiger partial charge < -0.3 is 0 Å². The maximum absolute atomic E-state index is 5.03. The van der Waals surface area contributed by atoms with E-state index in [2.05, 4.69) is 39.4 Å². The number of rotatable bonds is 3. The predicted molar refractivity (Wildman–Crippen MR) is 92.3 cm³/mol. The average Bonchev–Trinajstić information content (AvgIpc) is 3.19. The predicted octanol–water partition coefficient (Wildman–Crippen LogP) is 3.20. The molecular weight excluding hydrogens is 286 g/mol. The molecule has 4 heterocycles. The molecule has 5 heteroatoms. The van der Waals surface area contributed by atoms with Gasteiger partial charge in [0, 0.05) is 6.20 Å². The van der Waals surface area contributed by atoms with Crippen LogP contribution >= 0.6 is 0 Å². The Bertz CT molecular complexity index is 679. The Hall–Kier alpha value is -1.46. The fourth-order valence-corrected chi connectivity index (χ4v) is 4.36. The van der Waals surface area contributed by atoms with Crippen LogP contribution in [0, 0.1) is 0 Å². The highest BCUT2D eigenvalue weighted by molar-refractivity contribution is 5.71. The zero-order chi connectivity index (χ0) is 15.8. The van der Waals surface area contributed by atoms with E-state index < -0.39 is 0 Å². The highest BCUT2D eigenvalue weighted by atomic mass is 15.3. The minimum absolute atomic E-state index is 0.401. The van der Waals surface area contributed by atoms with Gasteiger partial charge in [-0.15, -0.1) is 0 Å². The van der Waals surface area contributed by atoms with Gasteiger partial charge in [-0.2, -0.15) is 0 Å². The monoisotopic (exact) mass is 313 g/mol. The van der Waals surface area contributed by atoms with E-state index in [-0.39, 0.29) is 0 Å². The van der Waals surface area contributed by atoms with Crippen molar-refractivity contribution in [1.82, 2.24) is 24.3 Å². The largest absolute Gasteiger partial charge is 0.295 e. The number of likely N-dealkylation sites (tertiary alicyclic amines) is 2. The number of piperidine rings is 1. The second-order valence-electron chi connectivity index (χ2n) is 6.93. The van der Waals surface area contributed by atoms with Crippen LogP contribution in [0.3, 0.4) is 0 Å². The minimum atomic E-state index is 0.401. The third-order valence-corrected chi connectivity index (χ3v) is 5.57. The first-order valence-electron chi connectivity index (χ1n) is 9.06. The van der Waals surface area contributed by atoms with Gasteiger partial charge in [-0.1, -0.05) is 6.92 Å². The third kappa shape index (κ3) is 2.56. The zero-order valence-electron chi connectivity index (χ0n) is 14.3. The lowest BCUT2D eigenvalue weighted by Crippen LogP contribution is -2.36. The van der Waals surface area contributed by atoms with E-state index in [1.807, 2.05) is 12.3 Å². The van der Waals surface area contributed by atoms with Crippen LogP contribution in [-0.2, 0) is 0 Å². The van der Waals surface area contributed by atoms with Gasteiger partial charge >= 0.3 is 0 Å². The van der Waals surface area contributed by atoms with Crippen molar-refractivity contribution in [1.29, 1.82) is 0 Å². The number of nitrogens with zero attached hydrogens (tertiary/aromatic N) is 5. The van der Waals surface area contributed by atoms with Gasteiger partial charge in [0.25, 0.3) is 0 Å². The molecule has 0 aliphatic carbocycles. The Balaban J connectivity index is 1.84. The van der Waals surface area contributed by atoms with Crippen molar-refractivity contribution in [2.75, 3.05) is 26.7 Å². The maximum atomic E-state index is 5.03. The van der Waals surface area contributed by atoms with Crippen LogP contribution in [0.2, 0.25) is 0 Å². The first-order valence-corrected chi connectivity index (χ1v) is 9.06. The molecule has 0 amide bonds.